The highest BCUT2D eigenvalue weighted by Gasteiger charge is 1.91. The number of hydrogen-bond donors (Lipinski definition) is 1. The molecule has 2 heteroatoms. The maximum absolute atomic E-state index is 10.6. The first-order chi connectivity index (χ1) is 5.20. The molecule has 0 bridgehead atoms. The molecule has 0 spiro atoms. The van der Waals surface area contributed by atoms with Gasteiger partial charge in [-0.05, 0) is 19.1 Å². The zero-order valence-electron chi connectivity index (χ0n) is 6.92. The van der Waals surface area contributed by atoms with Gasteiger partial charge in [0.15, 0.2) is 0 Å². The van der Waals surface area contributed by atoms with Crippen molar-refractivity contribution in [2.75, 3.05) is 0 Å². The summed E-state index contributed by atoms with van der Waals surface area (Å²) in [6.07, 6.45) is 7.03. The fraction of sp³-hybridized carbons (Fsp3) is 0.222. The summed E-state index contributed by atoms with van der Waals surface area (Å²) < 4.78 is 0. The van der Waals surface area contributed by atoms with Crippen LogP contribution in [0.2, 0.25) is 0 Å². The minimum atomic E-state index is -0.0730. The molecule has 0 saturated heterocycles. The van der Waals surface area contributed by atoms with E-state index >= 15 is 0 Å². The lowest BCUT2D eigenvalue weighted by Gasteiger charge is -1.99. The van der Waals surface area contributed by atoms with E-state index in [1.807, 2.05) is 19.1 Å². The molecule has 0 rings (SSSR count). The van der Waals surface area contributed by atoms with Crippen molar-refractivity contribution in [3.05, 3.63) is 36.6 Å². The molecule has 2 nitrogen and oxygen atoms in total. The molecule has 60 valence electrons. The summed E-state index contributed by atoms with van der Waals surface area (Å²) in [4.78, 5) is 10.6. The van der Waals surface area contributed by atoms with Gasteiger partial charge in [0.25, 0.3) is 0 Å². The monoisotopic (exact) mass is 151 g/mol. The van der Waals surface area contributed by atoms with E-state index in [0.29, 0.717) is 0 Å². The Morgan fingerprint density at radius 2 is 2.18 bits per heavy atom. The lowest BCUT2D eigenvalue weighted by Crippen LogP contribution is -2.17. The number of hydrogen-bond acceptors (Lipinski definition) is 1. The zero-order chi connectivity index (χ0) is 8.69. The van der Waals surface area contributed by atoms with E-state index in [9.17, 15) is 4.79 Å². The van der Waals surface area contributed by atoms with Crippen LogP contribution in [0.1, 0.15) is 13.8 Å². The van der Waals surface area contributed by atoms with Crippen LogP contribution in [0.5, 0.6) is 0 Å². The van der Waals surface area contributed by atoms with Crippen molar-refractivity contribution in [2.24, 2.45) is 0 Å². The van der Waals surface area contributed by atoms with E-state index in [2.05, 4.69) is 11.9 Å². The molecule has 1 N–H and O–H groups in total. The van der Waals surface area contributed by atoms with Crippen LogP contribution >= 0.6 is 0 Å². The first-order valence-electron chi connectivity index (χ1n) is 3.43. The Balaban J connectivity index is 4.22. The highest BCUT2D eigenvalue weighted by atomic mass is 16.1. The molecule has 0 fully saturated rings. The molecule has 0 radical (unpaired) electrons. The highest BCUT2D eigenvalue weighted by Crippen LogP contribution is 1.91. The quantitative estimate of drug-likeness (QED) is 0.612. The van der Waals surface area contributed by atoms with Crippen LogP contribution in [0.3, 0.4) is 0 Å². The number of carbonyl (C=O) groups is 1. The Labute approximate surface area is 67.3 Å². The maximum Gasteiger partial charge on any atom is 0.221 e. The van der Waals surface area contributed by atoms with Gasteiger partial charge >= 0.3 is 0 Å². The second kappa shape index (κ2) is 5.47. The van der Waals surface area contributed by atoms with Crippen molar-refractivity contribution < 1.29 is 4.79 Å². The second-order valence-electron chi connectivity index (χ2n) is 2.04. The minimum absolute atomic E-state index is 0.0730. The van der Waals surface area contributed by atoms with Crippen LogP contribution in [0.4, 0.5) is 0 Å². The summed E-state index contributed by atoms with van der Waals surface area (Å²) in [6, 6.07) is 0. The average Bonchev–Trinajstić information content (AvgIpc) is 1.87. The second-order valence-corrected chi connectivity index (χ2v) is 2.04. The van der Waals surface area contributed by atoms with E-state index in [-0.39, 0.29) is 5.91 Å². The lowest BCUT2D eigenvalue weighted by atomic mass is 10.3. The summed E-state index contributed by atoms with van der Waals surface area (Å²) in [5.41, 5.74) is 0.759. The van der Waals surface area contributed by atoms with Gasteiger partial charge < -0.3 is 5.32 Å². The molecule has 11 heavy (non-hydrogen) atoms. The third-order valence-electron chi connectivity index (χ3n) is 0.964. The Hall–Kier alpha value is -1.31. The Bertz CT molecular complexity index is 202. The van der Waals surface area contributed by atoms with E-state index < -0.39 is 0 Å². The smallest absolute Gasteiger partial charge is 0.221 e. The molecule has 0 aromatic heterocycles. The predicted octanol–water partition coefficient (Wildman–Crippen LogP) is 1.77. The van der Waals surface area contributed by atoms with Gasteiger partial charge in [-0.2, -0.15) is 0 Å². The Kier molecular flexibility index (Phi) is 4.82. The molecule has 0 saturated carbocycles. The van der Waals surface area contributed by atoms with Crippen LogP contribution in [0.15, 0.2) is 36.6 Å². The van der Waals surface area contributed by atoms with Gasteiger partial charge in [0.05, 0.1) is 0 Å². The molecule has 0 unspecified atom stereocenters. The molecule has 0 aliphatic rings. The number of allylic oxidation sites excluding steroid dienone is 4. The number of amides is 1. The van der Waals surface area contributed by atoms with E-state index in [0.717, 1.165) is 5.70 Å². The van der Waals surface area contributed by atoms with Crippen LogP contribution in [-0.2, 0) is 4.79 Å². The number of rotatable bonds is 3. The van der Waals surface area contributed by atoms with Crippen molar-refractivity contribution in [1.29, 1.82) is 0 Å². The molecule has 0 atom stereocenters. The molecule has 0 aliphatic carbocycles. The summed E-state index contributed by atoms with van der Waals surface area (Å²) in [7, 11) is 0. The largest absolute Gasteiger partial charge is 0.326 e. The molecule has 0 aromatic rings. The third kappa shape index (κ3) is 5.15. The Morgan fingerprint density at radius 1 is 1.55 bits per heavy atom. The normalized spacial score (nSPS) is 11.6. The SMILES string of the molecule is C=C/C=C(\C=C/C)NC(C)=O. The van der Waals surface area contributed by atoms with Crippen molar-refractivity contribution in [1.82, 2.24) is 5.32 Å². The van der Waals surface area contributed by atoms with E-state index in [1.165, 1.54) is 6.92 Å². The lowest BCUT2D eigenvalue weighted by molar-refractivity contribution is -0.118. The first-order valence-corrected chi connectivity index (χ1v) is 3.43. The molecule has 0 heterocycles. The predicted molar refractivity (Wildman–Crippen MR) is 46.9 cm³/mol. The minimum Gasteiger partial charge on any atom is -0.326 e. The van der Waals surface area contributed by atoms with Gasteiger partial charge in [-0.25, -0.2) is 0 Å². The molecular formula is C9H13NO. The van der Waals surface area contributed by atoms with Crippen LogP contribution < -0.4 is 5.32 Å². The van der Waals surface area contributed by atoms with Gasteiger partial charge in [-0.3, -0.25) is 4.79 Å². The standard InChI is InChI=1S/C9H13NO/c1-4-6-9(7-5-2)10-8(3)11/h4-7H,1H2,2-3H3,(H,10,11)/b7-5-,9-6+. The van der Waals surface area contributed by atoms with Gasteiger partial charge in [-0.1, -0.05) is 18.7 Å². The van der Waals surface area contributed by atoms with E-state index in [1.54, 1.807) is 12.2 Å². The number of nitrogens with one attached hydrogen (secondary N) is 1. The zero-order valence-corrected chi connectivity index (χ0v) is 6.92. The van der Waals surface area contributed by atoms with Gasteiger partial charge in [-0.15, -0.1) is 0 Å². The van der Waals surface area contributed by atoms with Crippen LogP contribution in [0.25, 0.3) is 0 Å². The van der Waals surface area contributed by atoms with Crippen molar-refractivity contribution in [3.8, 4) is 0 Å². The highest BCUT2D eigenvalue weighted by molar-refractivity contribution is 5.75. The third-order valence-corrected chi connectivity index (χ3v) is 0.964. The van der Waals surface area contributed by atoms with Gasteiger partial charge in [0.1, 0.15) is 0 Å². The first kappa shape index (κ1) is 9.69. The summed E-state index contributed by atoms with van der Waals surface area (Å²) in [5, 5.41) is 2.65. The molecule has 0 aliphatic heterocycles. The van der Waals surface area contributed by atoms with Crippen LogP contribution in [-0.4, -0.2) is 5.91 Å². The molecule has 0 aromatic carbocycles. The van der Waals surface area contributed by atoms with Crippen molar-refractivity contribution in [3.63, 3.8) is 0 Å². The Morgan fingerprint density at radius 3 is 2.55 bits per heavy atom. The van der Waals surface area contributed by atoms with Gasteiger partial charge in [0.2, 0.25) is 5.91 Å². The molecular weight excluding hydrogens is 138 g/mol. The fourth-order valence-corrected chi connectivity index (χ4v) is 0.649. The van der Waals surface area contributed by atoms with E-state index in [4.69, 9.17) is 0 Å². The van der Waals surface area contributed by atoms with Crippen molar-refractivity contribution >= 4 is 5.91 Å². The van der Waals surface area contributed by atoms with Crippen molar-refractivity contribution in [2.45, 2.75) is 13.8 Å². The van der Waals surface area contributed by atoms with Gasteiger partial charge in [0, 0.05) is 12.6 Å². The summed E-state index contributed by atoms with van der Waals surface area (Å²) in [6.45, 7) is 6.89. The number of carbonyl (C=O) groups excluding carboxylic acids is 1. The van der Waals surface area contributed by atoms with Crippen LogP contribution in [0, 0.1) is 0 Å². The summed E-state index contributed by atoms with van der Waals surface area (Å²) in [5.74, 6) is -0.0730. The average molecular weight is 151 g/mol. The molecule has 1 amide bonds. The maximum atomic E-state index is 10.6. The topological polar surface area (TPSA) is 29.1 Å². The summed E-state index contributed by atoms with van der Waals surface area (Å²) >= 11 is 0. The fourth-order valence-electron chi connectivity index (χ4n) is 0.649.